The van der Waals surface area contributed by atoms with Crippen molar-refractivity contribution < 1.29 is 4.39 Å². The molecule has 1 heterocycles. The summed E-state index contributed by atoms with van der Waals surface area (Å²) in [5.74, 6) is -0.0658. The van der Waals surface area contributed by atoms with Crippen LogP contribution in [0.15, 0.2) is 18.2 Å². The van der Waals surface area contributed by atoms with Gasteiger partial charge in [0.05, 0.1) is 0 Å². The van der Waals surface area contributed by atoms with Gasteiger partial charge in [-0.15, -0.1) is 0 Å². The van der Waals surface area contributed by atoms with Crippen molar-refractivity contribution in [2.45, 2.75) is 31.8 Å². The smallest absolute Gasteiger partial charge is 0.128 e. The van der Waals surface area contributed by atoms with Gasteiger partial charge in [-0.3, -0.25) is 0 Å². The summed E-state index contributed by atoms with van der Waals surface area (Å²) in [6.07, 6.45) is 1.87. The third-order valence-electron chi connectivity index (χ3n) is 3.58. The molecule has 1 aromatic rings. The van der Waals surface area contributed by atoms with Gasteiger partial charge in [-0.2, -0.15) is 0 Å². The van der Waals surface area contributed by atoms with E-state index >= 15 is 0 Å². The van der Waals surface area contributed by atoms with Crippen molar-refractivity contribution in [3.05, 3.63) is 29.6 Å². The maximum atomic E-state index is 13.6. The fourth-order valence-electron chi connectivity index (χ4n) is 2.42. The number of halogens is 1. The topological polar surface area (TPSA) is 15.3 Å². The van der Waals surface area contributed by atoms with Gasteiger partial charge in [0, 0.05) is 30.4 Å². The normalized spacial score (nSPS) is 21.0. The molecule has 1 N–H and O–H groups in total. The summed E-state index contributed by atoms with van der Waals surface area (Å²) in [5.41, 5.74) is 1.92. The number of anilines is 1. The van der Waals surface area contributed by atoms with Crippen LogP contribution in [-0.4, -0.2) is 26.2 Å². The Labute approximate surface area is 96.5 Å². The Hall–Kier alpha value is -1.09. The molecular formula is C13H19FN2. The molecule has 0 saturated heterocycles. The molecule has 3 heteroatoms. The van der Waals surface area contributed by atoms with Crippen LogP contribution in [0.25, 0.3) is 0 Å². The van der Waals surface area contributed by atoms with Gasteiger partial charge in [0.15, 0.2) is 0 Å². The average molecular weight is 222 g/mol. The highest BCUT2D eigenvalue weighted by atomic mass is 19.1. The number of hydrogen-bond donors (Lipinski definition) is 1. The SMILES string of the molecule is CNC(C)CC1Cc2c(F)cccc2N1C. The highest BCUT2D eigenvalue weighted by molar-refractivity contribution is 5.59. The Bertz CT molecular complexity index is 378. The Morgan fingerprint density at radius 1 is 1.56 bits per heavy atom. The van der Waals surface area contributed by atoms with E-state index in [1.807, 2.05) is 13.1 Å². The zero-order valence-electron chi connectivity index (χ0n) is 10.1. The van der Waals surface area contributed by atoms with Crippen molar-refractivity contribution in [3.63, 3.8) is 0 Å². The van der Waals surface area contributed by atoms with Gasteiger partial charge >= 0.3 is 0 Å². The maximum absolute atomic E-state index is 13.6. The zero-order chi connectivity index (χ0) is 11.7. The lowest BCUT2D eigenvalue weighted by atomic mass is 10.0. The van der Waals surface area contributed by atoms with E-state index < -0.39 is 0 Å². The van der Waals surface area contributed by atoms with Crippen LogP contribution in [0.3, 0.4) is 0 Å². The fraction of sp³-hybridized carbons (Fsp3) is 0.538. The summed E-state index contributed by atoms with van der Waals surface area (Å²) >= 11 is 0. The third-order valence-corrected chi connectivity index (χ3v) is 3.58. The van der Waals surface area contributed by atoms with Crippen LogP contribution in [0, 0.1) is 5.82 Å². The Morgan fingerprint density at radius 3 is 2.94 bits per heavy atom. The molecule has 1 aliphatic heterocycles. The van der Waals surface area contributed by atoms with E-state index in [1.54, 1.807) is 12.1 Å². The number of benzene rings is 1. The second-order valence-electron chi connectivity index (χ2n) is 4.63. The van der Waals surface area contributed by atoms with Crippen molar-refractivity contribution in [2.75, 3.05) is 19.0 Å². The van der Waals surface area contributed by atoms with Crippen LogP contribution in [0.2, 0.25) is 0 Å². The maximum Gasteiger partial charge on any atom is 0.128 e. The quantitative estimate of drug-likeness (QED) is 0.843. The molecule has 0 bridgehead atoms. The van der Waals surface area contributed by atoms with E-state index in [9.17, 15) is 4.39 Å². The molecule has 2 unspecified atom stereocenters. The molecule has 0 amide bonds. The minimum atomic E-state index is -0.0658. The number of nitrogens with one attached hydrogen (secondary N) is 1. The van der Waals surface area contributed by atoms with Gasteiger partial charge < -0.3 is 10.2 Å². The van der Waals surface area contributed by atoms with Crippen LogP contribution >= 0.6 is 0 Å². The molecule has 0 saturated carbocycles. The lowest BCUT2D eigenvalue weighted by Gasteiger charge is -2.25. The van der Waals surface area contributed by atoms with Gasteiger partial charge in [-0.1, -0.05) is 6.07 Å². The van der Waals surface area contributed by atoms with E-state index in [0.717, 1.165) is 24.1 Å². The number of nitrogens with zero attached hydrogens (tertiary/aromatic N) is 1. The van der Waals surface area contributed by atoms with Gasteiger partial charge in [-0.25, -0.2) is 4.39 Å². The zero-order valence-corrected chi connectivity index (χ0v) is 10.1. The van der Waals surface area contributed by atoms with Crippen LogP contribution in [-0.2, 0) is 6.42 Å². The lowest BCUT2D eigenvalue weighted by molar-refractivity contribution is 0.487. The van der Waals surface area contributed by atoms with Gasteiger partial charge in [-0.05, 0) is 38.9 Å². The number of hydrogen-bond acceptors (Lipinski definition) is 2. The van der Waals surface area contributed by atoms with Crippen LogP contribution in [0.4, 0.5) is 10.1 Å². The monoisotopic (exact) mass is 222 g/mol. The van der Waals surface area contributed by atoms with E-state index in [2.05, 4.69) is 24.2 Å². The van der Waals surface area contributed by atoms with Gasteiger partial charge in [0.25, 0.3) is 0 Å². The third kappa shape index (κ3) is 1.92. The van der Waals surface area contributed by atoms with Gasteiger partial charge in [0.2, 0.25) is 0 Å². The predicted octanol–water partition coefficient (Wildman–Crippen LogP) is 2.18. The number of likely N-dealkylation sites (N-methyl/N-ethyl adjacent to an activating group) is 1. The molecule has 1 aromatic carbocycles. The minimum Gasteiger partial charge on any atom is -0.371 e. The van der Waals surface area contributed by atoms with E-state index in [-0.39, 0.29) is 5.82 Å². The van der Waals surface area contributed by atoms with Crippen molar-refractivity contribution >= 4 is 5.69 Å². The van der Waals surface area contributed by atoms with Crippen LogP contribution in [0.5, 0.6) is 0 Å². The molecule has 0 aliphatic carbocycles. The summed E-state index contributed by atoms with van der Waals surface area (Å²) in [7, 11) is 4.02. The van der Waals surface area contributed by atoms with Crippen molar-refractivity contribution in [1.82, 2.24) is 5.32 Å². The highest BCUT2D eigenvalue weighted by Crippen LogP contribution is 2.34. The van der Waals surface area contributed by atoms with Crippen LogP contribution in [0.1, 0.15) is 18.9 Å². The second-order valence-corrected chi connectivity index (χ2v) is 4.63. The summed E-state index contributed by atoms with van der Waals surface area (Å²) in [5, 5.41) is 3.23. The molecule has 0 aromatic heterocycles. The highest BCUT2D eigenvalue weighted by Gasteiger charge is 2.29. The molecule has 2 rings (SSSR count). The number of rotatable bonds is 3. The van der Waals surface area contributed by atoms with Crippen molar-refractivity contribution in [3.8, 4) is 0 Å². The molecule has 0 radical (unpaired) electrons. The average Bonchev–Trinajstić information content (AvgIpc) is 2.58. The molecule has 16 heavy (non-hydrogen) atoms. The first-order valence-electron chi connectivity index (χ1n) is 5.81. The van der Waals surface area contributed by atoms with E-state index in [1.165, 1.54) is 0 Å². The second kappa shape index (κ2) is 4.42. The summed E-state index contributed by atoms with van der Waals surface area (Å²) in [6.45, 7) is 2.16. The first-order valence-corrected chi connectivity index (χ1v) is 5.81. The molecular weight excluding hydrogens is 203 g/mol. The first-order chi connectivity index (χ1) is 7.63. The lowest BCUT2D eigenvalue weighted by Crippen LogP contribution is -2.35. The van der Waals surface area contributed by atoms with Crippen molar-refractivity contribution in [1.29, 1.82) is 0 Å². The molecule has 88 valence electrons. The summed E-state index contributed by atoms with van der Waals surface area (Å²) in [4.78, 5) is 2.20. The Balaban J connectivity index is 2.17. The largest absolute Gasteiger partial charge is 0.371 e. The van der Waals surface area contributed by atoms with E-state index in [4.69, 9.17) is 0 Å². The summed E-state index contributed by atoms with van der Waals surface area (Å²) in [6, 6.07) is 6.22. The first kappa shape index (κ1) is 11.4. The van der Waals surface area contributed by atoms with Crippen LogP contribution < -0.4 is 10.2 Å². The number of fused-ring (bicyclic) bond motifs is 1. The molecule has 2 nitrogen and oxygen atoms in total. The van der Waals surface area contributed by atoms with Gasteiger partial charge in [0.1, 0.15) is 5.82 Å². The fourth-order valence-corrected chi connectivity index (χ4v) is 2.42. The summed E-state index contributed by atoms with van der Waals surface area (Å²) < 4.78 is 13.6. The molecule has 0 spiro atoms. The molecule has 0 fully saturated rings. The van der Waals surface area contributed by atoms with Crippen molar-refractivity contribution in [2.24, 2.45) is 0 Å². The molecule has 1 aliphatic rings. The standard InChI is InChI=1S/C13H19FN2/c1-9(15-2)7-10-8-11-12(14)5-4-6-13(11)16(10)3/h4-6,9-10,15H,7-8H2,1-3H3. The molecule has 2 atom stereocenters. The predicted molar refractivity (Wildman–Crippen MR) is 65.4 cm³/mol. The van der Waals surface area contributed by atoms with E-state index in [0.29, 0.717) is 12.1 Å². The Kier molecular flexibility index (Phi) is 3.15. The Morgan fingerprint density at radius 2 is 2.31 bits per heavy atom. The minimum absolute atomic E-state index is 0.0658.